The van der Waals surface area contributed by atoms with E-state index in [1.807, 2.05) is 19.9 Å². The SMILES string of the molecule is CCCOc1ccccc1C(=O)Nc1nonc1CC. The van der Waals surface area contributed by atoms with Crippen molar-refractivity contribution in [3.8, 4) is 5.75 Å². The Hall–Kier alpha value is -2.37. The fourth-order valence-corrected chi connectivity index (χ4v) is 1.70. The van der Waals surface area contributed by atoms with Crippen LogP contribution in [0.4, 0.5) is 5.82 Å². The van der Waals surface area contributed by atoms with Gasteiger partial charge in [0.05, 0.1) is 12.2 Å². The van der Waals surface area contributed by atoms with Crippen LogP contribution in [0.25, 0.3) is 0 Å². The van der Waals surface area contributed by atoms with E-state index in [2.05, 4.69) is 20.3 Å². The van der Waals surface area contributed by atoms with Crippen LogP contribution in [0, 0.1) is 0 Å². The largest absolute Gasteiger partial charge is 0.493 e. The number of aryl methyl sites for hydroxylation is 1. The van der Waals surface area contributed by atoms with Crippen molar-refractivity contribution >= 4 is 11.7 Å². The van der Waals surface area contributed by atoms with E-state index in [-0.39, 0.29) is 5.91 Å². The minimum atomic E-state index is -0.290. The molecule has 0 saturated heterocycles. The second-order valence-corrected chi connectivity index (χ2v) is 4.21. The summed E-state index contributed by atoms with van der Waals surface area (Å²) in [6.45, 7) is 4.49. The summed E-state index contributed by atoms with van der Waals surface area (Å²) in [5, 5.41) is 10.1. The molecule has 0 fully saturated rings. The van der Waals surface area contributed by atoms with Gasteiger partial charge in [-0.3, -0.25) is 4.79 Å². The molecule has 0 aliphatic rings. The third-order valence-electron chi connectivity index (χ3n) is 2.72. The van der Waals surface area contributed by atoms with Crippen molar-refractivity contribution < 1.29 is 14.2 Å². The first-order chi connectivity index (χ1) is 9.76. The van der Waals surface area contributed by atoms with E-state index in [1.54, 1.807) is 18.2 Å². The van der Waals surface area contributed by atoms with Crippen molar-refractivity contribution in [1.29, 1.82) is 0 Å². The average Bonchev–Trinajstić information content (AvgIpc) is 2.92. The number of hydrogen-bond acceptors (Lipinski definition) is 5. The van der Waals surface area contributed by atoms with Crippen LogP contribution >= 0.6 is 0 Å². The Bertz CT molecular complexity index is 581. The third-order valence-corrected chi connectivity index (χ3v) is 2.72. The third kappa shape index (κ3) is 3.14. The second kappa shape index (κ2) is 6.70. The quantitative estimate of drug-likeness (QED) is 0.877. The Kier molecular flexibility index (Phi) is 4.70. The number of para-hydroxylation sites is 1. The van der Waals surface area contributed by atoms with Crippen molar-refractivity contribution in [2.24, 2.45) is 0 Å². The number of ether oxygens (including phenoxy) is 1. The highest BCUT2D eigenvalue weighted by Crippen LogP contribution is 2.20. The standard InChI is InChI=1S/C14H17N3O3/c1-3-9-19-12-8-6-5-7-10(12)14(18)15-13-11(4-2)16-20-17-13/h5-8H,3-4,9H2,1-2H3,(H,15,17,18). The van der Waals surface area contributed by atoms with Crippen LogP contribution in [-0.2, 0) is 6.42 Å². The van der Waals surface area contributed by atoms with Gasteiger partial charge in [-0.2, -0.15) is 0 Å². The van der Waals surface area contributed by atoms with Crippen LogP contribution in [0.3, 0.4) is 0 Å². The number of carbonyl (C=O) groups excluding carboxylic acids is 1. The van der Waals surface area contributed by atoms with Gasteiger partial charge in [-0.05, 0) is 30.1 Å². The maximum atomic E-state index is 12.3. The van der Waals surface area contributed by atoms with Gasteiger partial charge in [0.1, 0.15) is 11.4 Å². The molecular weight excluding hydrogens is 258 g/mol. The number of amides is 1. The first kappa shape index (κ1) is 14.0. The monoisotopic (exact) mass is 275 g/mol. The molecule has 0 atom stereocenters. The number of aromatic nitrogens is 2. The molecule has 1 aromatic heterocycles. The summed E-state index contributed by atoms with van der Waals surface area (Å²) < 4.78 is 10.2. The average molecular weight is 275 g/mol. The molecule has 0 aliphatic carbocycles. The van der Waals surface area contributed by atoms with Crippen molar-refractivity contribution in [1.82, 2.24) is 10.3 Å². The Morgan fingerprint density at radius 1 is 1.30 bits per heavy atom. The van der Waals surface area contributed by atoms with E-state index in [1.165, 1.54) is 0 Å². The highest BCUT2D eigenvalue weighted by atomic mass is 16.6. The van der Waals surface area contributed by atoms with E-state index < -0.39 is 0 Å². The lowest BCUT2D eigenvalue weighted by Crippen LogP contribution is -2.15. The van der Waals surface area contributed by atoms with Crippen LogP contribution in [0.2, 0.25) is 0 Å². The molecule has 0 aliphatic heterocycles. The maximum absolute atomic E-state index is 12.3. The predicted octanol–water partition coefficient (Wildman–Crippen LogP) is 2.67. The smallest absolute Gasteiger partial charge is 0.260 e. The fraction of sp³-hybridized carbons (Fsp3) is 0.357. The minimum Gasteiger partial charge on any atom is -0.493 e. The van der Waals surface area contributed by atoms with Crippen molar-refractivity contribution in [2.45, 2.75) is 26.7 Å². The summed E-state index contributed by atoms with van der Waals surface area (Å²) in [5.41, 5.74) is 1.08. The Morgan fingerprint density at radius 3 is 2.85 bits per heavy atom. The Labute approximate surface area is 117 Å². The van der Waals surface area contributed by atoms with E-state index in [4.69, 9.17) is 4.74 Å². The van der Waals surface area contributed by atoms with Gasteiger partial charge < -0.3 is 10.1 Å². The molecule has 1 aromatic carbocycles. The van der Waals surface area contributed by atoms with Gasteiger partial charge in [0.25, 0.3) is 5.91 Å². The predicted molar refractivity (Wildman–Crippen MR) is 73.9 cm³/mol. The maximum Gasteiger partial charge on any atom is 0.260 e. The van der Waals surface area contributed by atoms with Gasteiger partial charge in [-0.25, -0.2) is 4.63 Å². The van der Waals surface area contributed by atoms with Gasteiger partial charge in [0.2, 0.25) is 5.82 Å². The summed E-state index contributed by atoms with van der Waals surface area (Å²) in [6.07, 6.45) is 1.51. The number of carbonyl (C=O) groups is 1. The van der Waals surface area contributed by atoms with Crippen LogP contribution in [0.1, 0.15) is 36.3 Å². The van der Waals surface area contributed by atoms with E-state index in [0.29, 0.717) is 35.9 Å². The summed E-state index contributed by atoms with van der Waals surface area (Å²) in [6, 6.07) is 7.10. The van der Waals surface area contributed by atoms with Gasteiger partial charge in [-0.15, -0.1) is 0 Å². The van der Waals surface area contributed by atoms with Gasteiger partial charge in [0.15, 0.2) is 0 Å². The van der Waals surface area contributed by atoms with Crippen LogP contribution in [0.5, 0.6) is 5.75 Å². The molecule has 6 heteroatoms. The summed E-state index contributed by atoms with van der Waals surface area (Å²) in [5.74, 6) is 0.617. The molecule has 1 amide bonds. The molecule has 2 rings (SSSR count). The Balaban J connectivity index is 2.16. The topological polar surface area (TPSA) is 77.2 Å². The van der Waals surface area contributed by atoms with E-state index in [9.17, 15) is 4.79 Å². The highest BCUT2D eigenvalue weighted by Gasteiger charge is 2.16. The first-order valence-electron chi connectivity index (χ1n) is 6.60. The summed E-state index contributed by atoms with van der Waals surface area (Å²) in [4.78, 5) is 12.3. The van der Waals surface area contributed by atoms with Crippen LogP contribution in [0.15, 0.2) is 28.9 Å². The lowest BCUT2D eigenvalue weighted by Gasteiger charge is -2.10. The molecule has 1 heterocycles. The number of hydrogen-bond donors (Lipinski definition) is 1. The summed E-state index contributed by atoms with van der Waals surface area (Å²) in [7, 11) is 0. The first-order valence-corrected chi connectivity index (χ1v) is 6.60. The highest BCUT2D eigenvalue weighted by molar-refractivity contribution is 6.05. The normalized spacial score (nSPS) is 10.3. The Morgan fingerprint density at radius 2 is 2.10 bits per heavy atom. The van der Waals surface area contributed by atoms with E-state index >= 15 is 0 Å². The molecule has 1 N–H and O–H groups in total. The molecule has 6 nitrogen and oxygen atoms in total. The fourth-order valence-electron chi connectivity index (χ4n) is 1.70. The minimum absolute atomic E-state index is 0.290. The summed E-state index contributed by atoms with van der Waals surface area (Å²) >= 11 is 0. The number of rotatable bonds is 6. The van der Waals surface area contributed by atoms with Crippen molar-refractivity contribution in [2.75, 3.05) is 11.9 Å². The number of nitrogens with one attached hydrogen (secondary N) is 1. The van der Waals surface area contributed by atoms with Crippen molar-refractivity contribution in [3.05, 3.63) is 35.5 Å². The molecule has 0 spiro atoms. The second-order valence-electron chi connectivity index (χ2n) is 4.21. The molecule has 0 bridgehead atoms. The van der Waals surface area contributed by atoms with Gasteiger partial charge >= 0.3 is 0 Å². The zero-order valence-electron chi connectivity index (χ0n) is 11.5. The van der Waals surface area contributed by atoms with E-state index in [0.717, 1.165) is 6.42 Å². The molecule has 106 valence electrons. The molecule has 0 saturated carbocycles. The number of nitrogens with zero attached hydrogens (tertiary/aromatic N) is 2. The van der Waals surface area contributed by atoms with Gasteiger partial charge in [0, 0.05) is 0 Å². The molecule has 2 aromatic rings. The van der Waals surface area contributed by atoms with Crippen LogP contribution in [-0.4, -0.2) is 22.8 Å². The molecule has 0 unspecified atom stereocenters. The zero-order valence-corrected chi connectivity index (χ0v) is 11.5. The number of anilines is 1. The lowest BCUT2D eigenvalue weighted by molar-refractivity contribution is 0.102. The number of benzene rings is 1. The molecule has 20 heavy (non-hydrogen) atoms. The molecular formula is C14H17N3O3. The van der Waals surface area contributed by atoms with Crippen LogP contribution < -0.4 is 10.1 Å². The zero-order chi connectivity index (χ0) is 14.4. The lowest BCUT2D eigenvalue weighted by atomic mass is 10.2. The van der Waals surface area contributed by atoms with Gasteiger partial charge in [-0.1, -0.05) is 31.1 Å². The molecule has 0 radical (unpaired) electrons. The van der Waals surface area contributed by atoms with Crippen molar-refractivity contribution in [3.63, 3.8) is 0 Å².